The molecule has 0 unspecified atom stereocenters. The van der Waals surface area contributed by atoms with Gasteiger partial charge in [0.1, 0.15) is 22.7 Å². The molecule has 3 aromatic rings. The zero-order valence-electron chi connectivity index (χ0n) is 23.2. The van der Waals surface area contributed by atoms with E-state index in [1.165, 1.54) is 11.3 Å². The van der Waals surface area contributed by atoms with Crippen molar-refractivity contribution in [1.29, 1.82) is 10.8 Å². The van der Waals surface area contributed by atoms with Crippen LogP contribution in [0.3, 0.4) is 0 Å². The summed E-state index contributed by atoms with van der Waals surface area (Å²) in [7, 11) is 0. The molecular weight excluding hydrogens is 554 g/mol. The number of fused-ring (bicyclic) bond motifs is 1. The van der Waals surface area contributed by atoms with Crippen LogP contribution >= 0.6 is 22.9 Å². The molecular formula is C31H32ClN7OS. The van der Waals surface area contributed by atoms with Gasteiger partial charge in [0.2, 0.25) is 5.91 Å². The van der Waals surface area contributed by atoms with E-state index in [4.69, 9.17) is 33.1 Å². The molecule has 1 aliphatic rings. The number of aliphatic imine (C=N–C) groups is 1. The highest BCUT2D eigenvalue weighted by Gasteiger charge is 2.34. The third-order valence-electron chi connectivity index (χ3n) is 6.49. The van der Waals surface area contributed by atoms with E-state index in [0.717, 1.165) is 45.1 Å². The highest BCUT2D eigenvalue weighted by atomic mass is 35.5. The smallest absolute Gasteiger partial charge is 0.223 e. The topological polar surface area (TPSA) is 134 Å². The van der Waals surface area contributed by atoms with Gasteiger partial charge in [-0.3, -0.25) is 25.5 Å². The summed E-state index contributed by atoms with van der Waals surface area (Å²) in [5.74, 6) is 12.0. The summed E-state index contributed by atoms with van der Waals surface area (Å²) in [4.78, 5) is 23.8. The van der Waals surface area contributed by atoms with E-state index in [-0.39, 0.29) is 30.5 Å². The fourth-order valence-corrected chi connectivity index (χ4v) is 5.66. The molecule has 4 rings (SSSR count). The molecule has 0 spiro atoms. The standard InChI is InChI=1S/C31H32ClN7OS/c1-19-20(2)41-31-28(19)29(22-10-12-23(32)13-11-22)38-26(30(35)39(31)21(3)34)18-27(40)36-17-7-9-25-15-14-24(37-25)8-5-4-6-16-33/h10-15,26,34-35,37H,4,6,16-18,33H2,1-3H3,(H,36,40)/t26-/m0/s1. The third-order valence-corrected chi connectivity index (χ3v) is 7.94. The van der Waals surface area contributed by atoms with E-state index in [1.807, 2.05) is 38.1 Å². The van der Waals surface area contributed by atoms with Gasteiger partial charge in [-0.05, 0) is 75.4 Å². The van der Waals surface area contributed by atoms with Crippen LogP contribution in [-0.4, -0.2) is 47.4 Å². The van der Waals surface area contributed by atoms with Gasteiger partial charge < -0.3 is 16.0 Å². The number of anilines is 1. The Morgan fingerprint density at radius 3 is 2.51 bits per heavy atom. The number of aromatic nitrogens is 1. The molecule has 0 fully saturated rings. The van der Waals surface area contributed by atoms with E-state index in [1.54, 1.807) is 24.0 Å². The van der Waals surface area contributed by atoms with Crippen LogP contribution < -0.4 is 16.0 Å². The normalized spacial score (nSPS) is 14.2. The minimum atomic E-state index is -0.794. The summed E-state index contributed by atoms with van der Waals surface area (Å²) in [6.07, 6.45) is 1.55. The number of hydrogen-bond acceptors (Lipinski definition) is 6. The number of unbranched alkanes of at least 4 members (excludes halogenated alkanes) is 1. The minimum Gasteiger partial charge on any atom is -0.345 e. The summed E-state index contributed by atoms with van der Waals surface area (Å²) in [6.45, 7) is 6.44. The molecule has 1 aromatic carbocycles. The quantitative estimate of drug-likeness (QED) is 0.121. The summed E-state index contributed by atoms with van der Waals surface area (Å²) in [6, 6.07) is 10.3. The van der Waals surface area contributed by atoms with E-state index in [2.05, 4.69) is 34.0 Å². The zero-order chi connectivity index (χ0) is 29.5. The third kappa shape index (κ3) is 7.14. The largest absolute Gasteiger partial charge is 0.345 e. The lowest BCUT2D eigenvalue weighted by molar-refractivity contribution is -0.120. The SMILES string of the molecule is CC(=N)N1C(=N)[C@H](CC(=O)NCC#Cc2ccc(C#CCCCN)[nH]2)N=C(c2ccc(Cl)cc2)c2c1sc(C)c2C. The molecule has 0 aliphatic carbocycles. The van der Waals surface area contributed by atoms with Gasteiger partial charge in [-0.15, -0.1) is 11.3 Å². The summed E-state index contributed by atoms with van der Waals surface area (Å²) in [5, 5.41) is 21.6. The molecule has 1 atom stereocenters. The molecule has 210 valence electrons. The second-order valence-corrected chi connectivity index (χ2v) is 11.2. The van der Waals surface area contributed by atoms with Gasteiger partial charge in [-0.1, -0.05) is 35.6 Å². The maximum atomic E-state index is 13.0. The number of amidine groups is 2. The Hall–Kier alpha value is -4.15. The minimum absolute atomic E-state index is 0.0562. The van der Waals surface area contributed by atoms with Gasteiger partial charge >= 0.3 is 0 Å². The molecule has 41 heavy (non-hydrogen) atoms. The Balaban J connectivity index is 1.53. The molecule has 0 bridgehead atoms. The lowest BCUT2D eigenvalue weighted by Crippen LogP contribution is -2.42. The number of aromatic amines is 1. The van der Waals surface area contributed by atoms with Crippen molar-refractivity contribution in [2.75, 3.05) is 18.0 Å². The molecule has 10 heteroatoms. The first-order valence-corrected chi connectivity index (χ1v) is 14.4. The van der Waals surface area contributed by atoms with Crippen molar-refractivity contribution < 1.29 is 4.79 Å². The van der Waals surface area contributed by atoms with E-state index in [0.29, 0.717) is 23.0 Å². The van der Waals surface area contributed by atoms with Crippen molar-refractivity contribution in [1.82, 2.24) is 10.3 Å². The Kier molecular flexibility index (Phi) is 9.80. The fourth-order valence-electron chi connectivity index (χ4n) is 4.31. The second-order valence-electron chi connectivity index (χ2n) is 9.53. The Labute approximate surface area is 249 Å². The van der Waals surface area contributed by atoms with Crippen LogP contribution in [-0.2, 0) is 4.79 Å². The average Bonchev–Trinajstić information content (AvgIpc) is 3.47. The molecule has 2 aromatic heterocycles. The van der Waals surface area contributed by atoms with Gasteiger partial charge in [0.15, 0.2) is 0 Å². The Morgan fingerprint density at radius 2 is 1.85 bits per heavy atom. The number of H-pyrrole nitrogens is 1. The van der Waals surface area contributed by atoms with Crippen molar-refractivity contribution in [3.8, 4) is 23.7 Å². The lowest BCUT2D eigenvalue weighted by Gasteiger charge is -2.24. The van der Waals surface area contributed by atoms with Crippen LogP contribution in [0.4, 0.5) is 5.00 Å². The molecule has 0 saturated carbocycles. The zero-order valence-corrected chi connectivity index (χ0v) is 24.8. The summed E-state index contributed by atoms with van der Waals surface area (Å²) >= 11 is 7.67. The number of carbonyl (C=O) groups is 1. The first-order chi connectivity index (χ1) is 19.7. The van der Waals surface area contributed by atoms with Gasteiger partial charge in [0.05, 0.1) is 30.1 Å². The molecule has 0 saturated heterocycles. The number of hydrogen-bond donors (Lipinski definition) is 5. The van der Waals surface area contributed by atoms with Gasteiger partial charge in [0, 0.05) is 27.4 Å². The monoisotopic (exact) mass is 585 g/mol. The van der Waals surface area contributed by atoms with Crippen LogP contribution in [0.15, 0.2) is 41.4 Å². The van der Waals surface area contributed by atoms with Crippen LogP contribution in [0.2, 0.25) is 5.02 Å². The van der Waals surface area contributed by atoms with Crippen LogP contribution in [0.25, 0.3) is 0 Å². The van der Waals surface area contributed by atoms with E-state index >= 15 is 0 Å². The number of carbonyl (C=O) groups excluding carboxylic acids is 1. The Morgan fingerprint density at radius 1 is 1.17 bits per heavy atom. The Bertz CT molecular complexity index is 1630. The van der Waals surface area contributed by atoms with Crippen molar-refractivity contribution in [3.05, 3.63) is 74.4 Å². The van der Waals surface area contributed by atoms with Crippen LogP contribution in [0, 0.1) is 48.3 Å². The first kappa shape index (κ1) is 29.8. The van der Waals surface area contributed by atoms with Gasteiger partial charge in [0.25, 0.3) is 0 Å². The van der Waals surface area contributed by atoms with Crippen LogP contribution in [0.5, 0.6) is 0 Å². The van der Waals surface area contributed by atoms with Crippen molar-refractivity contribution >= 4 is 51.2 Å². The number of thiophene rings is 1. The molecule has 3 heterocycles. The lowest BCUT2D eigenvalue weighted by atomic mass is 9.99. The van der Waals surface area contributed by atoms with Gasteiger partial charge in [-0.2, -0.15) is 0 Å². The molecule has 8 nitrogen and oxygen atoms in total. The van der Waals surface area contributed by atoms with Crippen molar-refractivity contribution in [3.63, 3.8) is 0 Å². The average molecular weight is 586 g/mol. The summed E-state index contributed by atoms with van der Waals surface area (Å²) in [5.41, 5.74) is 10.4. The number of nitrogens with two attached hydrogens (primary N) is 1. The predicted octanol–water partition coefficient (Wildman–Crippen LogP) is 5.00. The number of nitrogens with zero attached hydrogens (tertiary/aromatic N) is 2. The number of rotatable bonds is 6. The molecule has 6 N–H and O–H groups in total. The van der Waals surface area contributed by atoms with Crippen molar-refractivity contribution in [2.24, 2.45) is 10.7 Å². The number of benzene rings is 1. The molecule has 1 aliphatic heterocycles. The number of nitrogens with one attached hydrogen (secondary N) is 4. The summed E-state index contributed by atoms with van der Waals surface area (Å²) < 4.78 is 0. The van der Waals surface area contributed by atoms with Crippen molar-refractivity contribution in [2.45, 2.75) is 46.1 Å². The molecule has 0 radical (unpaired) electrons. The highest BCUT2D eigenvalue weighted by Crippen LogP contribution is 2.40. The first-order valence-electron chi connectivity index (χ1n) is 13.2. The van der Waals surface area contributed by atoms with Crippen LogP contribution in [0.1, 0.15) is 59.1 Å². The number of amides is 1. The number of aryl methyl sites for hydroxylation is 1. The van der Waals surface area contributed by atoms with E-state index < -0.39 is 6.04 Å². The predicted molar refractivity (Wildman–Crippen MR) is 169 cm³/mol. The molecule has 1 amide bonds. The van der Waals surface area contributed by atoms with E-state index in [9.17, 15) is 4.79 Å². The van der Waals surface area contributed by atoms with Gasteiger partial charge in [-0.25, -0.2) is 0 Å². The second kappa shape index (κ2) is 13.5. The maximum Gasteiger partial charge on any atom is 0.223 e. The fraction of sp³-hybridized carbons (Fsp3) is 0.290. The maximum absolute atomic E-state index is 13.0. The number of halogens is 1. The highest BCUT2D eigenvalue weighted by molar-refractivity contribution is 7.17.